The largest absolute Gasteiger partial charge is 0.444 e. The summed E-state index contributed by atoms with van der Waals surface area (Å²) in [4.78, 5) is 16.5. The lowest BCUT2D eigenvalue weighted by atomic mass is 10.1. The smallest absolute Gasteiger partial charge is 0.408 e. The molecule has 3 N–H and O–H groups in total. The van der Waals surface area contributed by atoms with Gasteiger partial charge in [0.05, 0.1) is 5.54 Å². The predicted molar refractivity (Wildman–Crippen MR) is 122 cm³/mol. The number of carbonyl (C=O) groups is 1. The molecule has 0 bridgehead atoms. The van der Waals surface area contributed by atoms with Gasteiger partial charge in [-0.1, -0.05) is 6.08 Å². The lowest BCUT2D eigenvalue weighted by Gasteiger charge is -2.29. The Morgan fingerprint density at radius 3 is 2.39 bits per heavy atom. The highest BCUT2D eigenvalue weighted by Gasteiger charge is 2.24. The summed E-state index contributed by atoms with van der Waals surface area (Å²) >= 11 is 0. The van der Waals surface area contributed by atoms with Crippen molar-refractivity contribution in [2.24, 2.45) is 12.0 Å². The molecule has 0 aromatic carbocycles. The topological polar surface area (TPSA) is 105 Å². The van der Waals surface area contributed by atoms with Crippen LogP contribution in [0.25, 0.3) is 0 Å². The summed E-state index contributed by atoms with van der Waals surface area (Å²) in [6, 6.07) is 0. The Hall–Kier alpha value is -1.85. The molecule has 1 heterocycles. The molecule has 9 nitrogen and oxygen atoms in total. The van der Waals surface area contributed by atoms with E-state index in [0.29, 0.717) is 25.6 Å². The highest BCUT2D eigenvalue weighted by atomic mass is 127. The lowest BCUT2D eigenvalue weighted by Crippen LogP contribution is -2.54. The molecule has 160 valence electrons. The van der Waals surface area contributed by atoms with Crippen molar-refractivity contribution in [2.75, 3.05) is 13.1 Å². The Morgan fingerprint density at radius 2 is 1.89 bits per heavy atom. The van der Waals surface area contributed by atoms with Crippen LogP contribution in [-0.2, 0) is 18.3 Å². The Labute approximate surface area is 184 Å². The first-order chi connectivity index (χ1) is 12.4. The first kappa shape index (κ1) is 26.1. The summed E-state index contributed by atoms with van der Waals surface area (Å²) in [6.45, 7) is 16.3. The fourth-order valence-electron chi connectivity index (χ4n) is 2.01. The van der Waals surface area contributed by atoms with Crippen LogP contribution in [0.4, 0.5) is 4.79 Å². The molecule has 0 atom stereocenters. The second kappa shape index (κ2) is 11.2. The second-order valence-electron chi connectivity index (χ2n) is 7.92. The molecule has 0 unspecified atom stereocenters. The Bertz CT molecular complexity index is 678. The number of halogens is 1. The maximum atomic E-state index is 12.0. The molecular formula is C18H34IN7O2. The fourth-order valence-corrected chi connectivity index (χ4v) is 2.01. The molecule has 0 aliphatic heterocycles. The minimum Gasteiger partial charge on any atom is -0.444 e. The SMILES string of the molecule is C=CCNC(=NCc1nnc(C)n1C)NCC(C)(C)NC(=O)OC(C)(C)C.I. The van der Waals surface area contributed by atoms with E-state index in [0.717, 1.165) is 11.6 Å². The van der Waals surface area contributed by atoms with Crippen LogP contribution in [0.3, 0.4) is 0 Å². The summed E-state index contributed by atoms with van der Waals surface area (Å²) < 4.78 is 7.20. The van der Waals surface area contributed by atoms with E-state index in [1.165, 1.54) is 0 Å². The van der Waals surface area contributed by atoms with E-state index in [2.05, 4.69) is 37.7 Å². The number of nitrogens with zero attached hydrogens (tertiary/aromatic N) is 4. The number of carbonyl (C=O) groups excluding carboxylic acids is 1. The van der Waals surface area contributed by atoms with Crippen molar-refractivity contribution < 1.29 is 9.53 Å². The standard InChI is InChI=1S/C18H33N7O2.HI/c1-9-10-19-15(20-11-14-24-23-13(2)25(14)8)21-12-18(6,7)22-16(26)27-17(3,4)5;/h9H,1,10-12H2,2-8H3,(H,22,26)(H2,19,20,21);1H. The first-order valence-corrected chi connectivity index (χ1v) is 8.92. The Morgan fingerprint density at radius 1 is 1.25 bits per heavy atom. The van der Waals surface area contributed by atoms with Crippen molar-refractivity contribution in [3.05, 3.63) is 24.3 Å². The number of rotatable bonds is 7. The van der Waals surface area contributed by atoms with Crippen LogP contribution in [0, 0.1) is 6.92 Å². The Kier molecular flexibility index (Phi) is 10.5. The number of aryl methyl sites for hydroxylation is 1. The van der Waals surface area contributed by atoms with E-state index in [-0.39, 0.29) is 24.0 Å². The molecule has 0 saturated carbocycles. The van der Waals surface area contributed by atoms with Crippen LogP contribution >= 0.6 is 24.0 Å². The van der Waals surface area contributed by atoms with E-state index >= 15 is 0 Å². The van der Waals surface area contributed by atoms with E-state index in [1.807, 2.05) is 53.2 Å². The highest BCUT2D eigenvalue weighted by molar-refractivity contribution is 14.0. The number of alkyl carbamates (subject to hydrolysis) is 1. The second-order valence-corrected chi connectivity index (χ2v) is 7.92. The lowest BCUT2D eigenvalue weighted by molar-refractivity contribution is 0.0474. The number of ether oxygens (including phenoxy) is 1. The zero-order valence-corrected chi connectivity index (χ0v) is 20.2. The van der Waals surface area contributed by atoms with Gasteiger partial charge in [-0.05, 0) is 41.5 Å². The molecular weight excluding hydrogens is 473 g/mol. The Balaban J connectivity index is 0.00000729. The van der Waals surface area contributed by atoms with Gasteiger partial charge in [0.25, 0.3) is 0 Å². The third-order valence-corrected chi connectivity index (χ3v) is 3.51. The van der Waals surface area contributed by atoms with Gasteiger partial charge in [-0.3, -0.25) is 0 Å². The molecule has 0 aliphatic rings. The monoisotopic (exact) mass is 507 g/mol. The zero-order chi connectivity index (χ0) is 20.7. The van der Waals surface area contributed by atoms with Crippen LogP contribution in [0.15, 0.2) is 17.6 Å². The van der Waals surface area contributed by atoms with Gasteiger partial charge in [-0.15, -0.1) is 40.8 Å². The van der Waals surface area contributed by atoms with Crippen LogP contribution in [0.2, 0.25) is 0 Å². The van der Waals surface area contributed by atoms with E-state index in [9.17, 15) is 4.79 Å². The molecule has 0 radical (unpaired) electrons. The number of hydrogen-bond acceptors (Lipinski definition) is 5. The van der Waals surface area contributed by atoms with Gasteiger partial charge in [0.1, 0.15) is 18.0 Å². The quantitative estimate of drug-likeness (QED) is 0.226. The normalized spacial score (nSPS) is 12.0. The summed E-state index contributed by atoms with van der Waals surface area (Å²) in [5, 5.41) is 17.4. The third-order valence-electron chi connectivity index (χ3n) is 3.51. The highest BCUT2D eigenvalue weighted by Crippen LogP contribution is 2.09. The molecule has 0 aliphatic carbocycles. The van der Waals surface area contributed by atoms with Gasteiger partial charge in [0, 0.05) is 20.1 Å². The number of amides is 1. The van der Waals surface area contributed by atoms with Crippen molar-refractivity contribution in [2.45, 2.75) is 59.2 Å². The van der Waals surface area contributed by atoms with Crippen LogP contribution in [-0.4, -0.2) is 51.0 Å². The maximum Gasteiger partial charge on any atom is 0.408 e. The molecule has 28 heavy (non-hydrogen) atoms. The average molecular weight is 507 g/mol. The van der Waals surface area contributed by atoms with Crippen LogP contribution in [0.1, 0.15) is 46.3 Å². The third kappa shape index (κ3) is 9.90. The number of aliphatic imine (C=N–C) groups is 1. The predicted octanol–water partition coefficient (Wildman–Crippen LogP) is 2.27. The summed E-state index contributed by atoms with van der Waals surface area (Å²) in [5.74, 6) is 2.18. The number of aromatic nitrogens is 3. The number of hydrogen-bond donors (Lipinski definition) is 3. The minimum absolute atomic E-state index is 0. The van der Waals surface area contributed by atoms with Crippen molar-refractivity contribution >= 4 is 36.0 Å². The van der Waals surface area contributed by atoms with Gasteiger partial charge in [-0.25, -0.2) is 9.79 Å². The van der Waals surface area contributed by atoms with Crippen LogP contribution in [0.5, 0.6) is 0 Å². The van der Waals surface area contributed by atoms with Crippen LogP contribution < -0.4 is 16.0 Å². The van der Waals surface area contributed by atoms with Gasteiger partial charge in [0.15, 0.2) is 11.8 Å². The van der Waals surface area contributed by atoms with Crippen molar-refractivity contribution in [1.82, 2.24) is 30.7 Å². The van der Waals surface area contributed by atoms with Gasteiger partial charge >= 0.3 is 6.09 Å². The summed E-state index contributed by atoms with van der Waals surface area (Å²) in [5.41, 5.74) is -1.08. The molecule has 0 saturated heterocycles. The molecule has 1 rings (SSSR count). The van der Waals surface area contributed by atoms with Crippen molar-refractivity contribution in [3.8, 4) is 0 Å². The van der Waals surface area contributed by atoms with Gasteiger partial charge < -0.3 is 25.3 Å². The maximum absolute atomic E-state index is 12.0. The number of nitrogens with one attached hydrogen (secondary N) is 3. The molecule has 1 aromatic heterocycles. The average Bonchev–Trinajstić information content (AvgIpc) is 2.83. The molecule has 1 aromatic rings. The van der Waals surface area contributed by atoms with Gasteiger partial charge in [0.2, 0.25) is 0 Å². The van der Waals surface area contributed by atoms with Crippen molar-refractivity contribution in [1.29, 1.82) is 0 Å². The fraction of sp³-hybridized carbons (Fsp3) is 0.667. The summed E-state index contributed by atoms with van der Waals surface area (Å²) in [6.07, 6.45) is 1.29. The molecule has 10 heteroatoms. The van der Waals surface area contributed by atoms with E-state index < -0.39 is 17.2 Å². The van der Waals surface area contributed by atoms with Crippen molar-refractivity contribution in [3.63, 3.8) is 0 Å². The zero-order valence-electron chi connectivity index (χ0n) is 17.9. The molecule has 0 spiro atoms. The van der Waals surface area contributed by atoms with Gasteiger partial charge in [-0.2, -0.15) is 0 Å². The number of guanidine groups is 1. The van der Waals surface area contributed by atoms with E-state index in [4.69, 9.17) is 4.74 Å². The first-order valence-electron chi connectivity index (χ1n) is 8.92. The minimum atomic E-state index is -0.542. The summed E-state index contributed by atoms with van der Waals surface area (Å²) in [7, 11) is 1.90. The molecule has 0 fully saturated rings. The molecule has 1 amide bonds. The van der Waals surface area contributed by atoms with E-state index in [1.54, 1.807) is 6.08 Å².